The zero-order chi connectivity index (χ0) is 17.3. The van der Waals surface area contributed by atoms with Crippen LogP contribution in [0.1, 0.15) is 24.0 Å². The van der Waals surface area contributed by atoms with E-state index in [9.17, 15) is 8.78 Å². The first-order chi connectivity index (χ1) is 12.2. The summed E-state index contributed by atoms with van der Waals surface area (Å²) in [7, 11) is 0. The van der Waals surface area contributed by atoms with Crippen LogP contribution in [0.5, 0.6) is 0 Å². The number of hydrogen-bond donors (Lipinski definition) is 1. The van der Waals surface area contributed by atoms with Gasteiger partial charge in [-0.25, -0.2) is 8.78 Å². The van der Waals surface area contributed by atoms with Gasteiger partial charge in [0.25, 0.3) is 0 Å². The highest BCUT2D eigenvalue weighted by atomic mass is 19.1. The van der Waals surface area contributed by atoms with E-state index in [0.717, 1.165) is 30.8 Å². The molecule has 0 amide bonds. The standard InChI is InChI=1S/C20H20F2N2O/c21-16-5-3-6-17(22)15(16)13-23-19-20(8-10-25-11-9-20)12-14-4-1-2-7-18(14)24-19/h1-7H,8-13H2,(H,23,24). The number of para-hydroxylation sites is 1. The molecular weight excluding hydrogens is 322 g/mol. The van der Waals surface area contributed by atoms with Crippen LogP contribution >= 0.6 is 0 Å². The topological polar surface area (TPSA) is 33.6 Å². The number of nitrogens with zero attached hydrogens (tertiary/aromatic N) is 1. The van der Waals surface area contributed by atoms with E-state index in [4.69, 9.17) is 4.74 Å². The molecule has 2 aromatic carbocycles. The number of amidine groups is 1. The molecule has 130 valence electrons. The number of hydrogen-bond acceptors (Lipinski definition) is 2. The minimum atomic E-state index is -0.554. The van der Waals surface area contributed by atoms with Crippen LogP contribution in [0, 0.1) is 17.0 Å². The minimum Gasteiger partial charge on any atom is -0.381 e. The lowest BCUT2D eigenvalue weighted by molar-refractivity contribution is 0.0448. The molecule has 2 aliphatic rings. The van der Waals surface area contributed by atoms with Gasteiger partial charge in [0.15, 0.2) is 0 Å². The van der Waals surface area contributed by atoms with Crippen molar-refractivity contribution in [1.29, 1.82) is 0 Å². The molecule has 0 aliphatic carbocycles. The Kier molecular flexibility index (Phi) is 4.25. The summed E-state index contributed by atoms with van der Waals surface area (Å²) in [6, 6.07) is 12.1. The van der Waals surface area contributed by atoms with Crippen molar-refractivity contribution in [2.45, 2.75) is 25.8 Å². The van der Waals surface area contributed by atoms with Crippen molar-refractivity contribution in [1.82, 2.24) is 0 Å². The number of anilines is 1. The maximum atomic E-state index is 13.9. The van der Waals surface area contributed by atoms with Gasteiger partial charge in [-0.3, -0.25) is 4.99 Å². The Morgan fingerprint density at radius 3 is 2.48 bits per heavy atom. The lowest BCUT2D eigenvalue weighted by Crippen LogP contribution is -2.45. The van der Waals surface area contributed by atoms with E-state index < -0.39 is 11.6 Å². The summed E-state index contributed by atoms with van der Waals surface area (Å²) in [4.78, 5) is 4.62. The largest absolute Gasteiger partial charge is 0.381 e. The highest BCUT2D eigenvalue weighted by molar-refractivity contribution is 6.02. The van der Waals surface area contributed by atoms with E-state index in [-0.39, 0.29) is 17.5 Å². The molecule has 1 saturated heterocycles. The normalized spacial score (nSPS) is 20.3. The van der Waals surface area contributed by atoms with Crippen LogP contribution in [-0.2, 0) is 17.7 Å². The van der Waals surface area contributed by atoms with Gasteiger partial charge in [0.2, 0.25) is 0 Å². The number of halogens is 2. The van der Waals surface area contributed by atoms with Gasteiger partial charge < -0.3 is 10.1 Å². The maximum absolute atomic E-state index is 13.9. The molecule has 2 heterocycles. The maximum Gasteiger partial charge on any atom is 0.131 e. The molecule has 1 fully saturated rings. The third-order valence-corrected chi connectivity index (χ3v) is 5.21. The molecule has 4 rings (SSSR count). The van der Waals surface area contributed by atoms with Gasteiger partial charge >= 0.3 is 0 Å². The molecule has 5 heteroatoms. The summed E-state index contributed by atoms with van der Waals surface area (Å²) in [6.45, 7) is 1.35. The Hall–Kier alpha value is -2.27. The Labute approximate surface area is 145 Å². The third-order valence-electron chi connectivity index (χ3n) is 5.21. The van der Waals surface area contributed by atoms with Crippen LogP contribution in [0.3, 0.4) is 0 Å². The summed E-state index contributed by atoms with van der Waals surface area (Å²) in [5.74, 6) is -0.291. The number of nitrogens with one attached hydrogen (secondary N) is 1. The van der Waals surface area contributed by atoms with Gasteiger partial charge in [-0.2, -0.15) is 0 Å². The first-order valence-corrected chi connectivity index (χ1v) is 8.58. The number of benzene rings is 2. The van der Waals surface area contributed by atoms with E-state index in [2.05, 4.69) is 16.4 Å². The van der Waals surface area contributed by atoms with E-state index in [1.165, 1.54) is 23.8 Å². The van der Waals surface area contributed by atoms with Crippen LogP contribution in [0.15, 0.2) is 47.5 Å². The van der Waals surface area contributed by atoms with Crippen molar-refractivity contribution >= 4 is 11.5 Å². The SMILES string of the molecule is Fc1cccc(F)c1CN=C1Nc2ccccc2CC12CCOCC2. The van der Waals surface area contributed by atoms with Crippen molar-refractivity contribution in [2.24, 2.45) is 10.4 Å². The summed E-state index contributed by atoms with van der Waals surface area (Å²) < 4.78 is 33.4. The second-order valence-corrected chi connectivity index (χ2v) is 6.72. The number of fused-ring (bicyclic) bond motifs is 1. The molecule has 0 saturated carbocycles. The minimum absolute atomic E-state index is 0.00832. The van der Waals surface area contributed by atoms with E-state index in [1.54, 1.807) is 0 Å². The number of rotatable bonds is 2. The smallest absolute Gasteiger partial charge is 0.131 e. The zero-order valence-electron chi connectivity index (χ0n) is 13.9. The number of aliphatic imine (C=N–C) groups is 1. The highest BCUT2D eigenvalue weighted by Crippen LogP contribution is 2.41. The van der Waals surface area contributed by atoms with Gasteiger partial charge in [-0.15, -0.1) is 0 Å². The molecular formula is C20H20F2N2O. The molecule has 2 aliphatic heterocycles. The van der Waals surface area contributed by atoms with Crippen molar-refractivity contribution in [3.8, 4) is 0 Å². The van der Waals surface area contributed by atoms with Gasteiger partial charge in [-0.1, -0.05) is 24.3 Å². The Morgan fingerprint density at radius 2 is 1.72 bits per heavy atom. The fourth-order valence-electron chi connectivity index (χ4n) is 3.73. The average molecular weight is 342 g/mol. The molecule has 2 aromatic rings. The van der Waals surface area contributed by atoms with Crippen LogP contribution in [0.25, 0.3) is 0 Å². The second-order valence-electron chi connectivity index (χ2n) is 6.72. The molecule has 0 atom stereocenters. The summed E-state index contributed by atoms with van der Waals surface area (Å²) in [5.41, 5.74) is 2.14. The second kappa shape index (κ2) is 6.56. The predicted octanol–water partition coefficient (Wildman–Crippen LogP) is 4.33. The quantitative estimate of drug-likeness (QED) is 0.881. The van der Waals surface area contributed by atoms with Crippen LogP contribution in [-0.4, -0.2) is 19.0 Å². The Bertz CT molecular complexity index is 793. The van der Waals surface area contributed by atoms with E-state index >= 15 is 0 Å². The zero-order valence-corrected chi connectivity index (χ0v) is 13.9. The average Bonchev–Trinajstić information content (AvgIpc) is 2.62. The summed E-state index contributed by atoms with van der Waals surface area (Å²) >= 11 is 0. The Morgan fingerprint density at radius 1 is 1.00 bits per heavy atom. The first-order valence-electron chi connectivity index (χ1n) is 8.58. The van der Waals surface area contributed by atoms with Gasteiger partial charge in [0, 0.05) is 29.9 Å². The first kappa shape index (κ1) is 16.2. The fraction of sp³-hybridized carbons (Fsp3) is 0.350. The summed E-state index contributed by atoms with van der Waals surface area (Å²) in [6.07, 6.45) is 2.58. The van der Waals surface area contributed by atoms with Crippen molar-refractivity contribution < 1.29 is 13.5 Å². The molecule has 0 unspecified atom stereocenters. The lowest BCUT2D eigenvalue weighted by atomic mass is 9.71. The Balaban J connectivity index is 1.70. The van der Waals surface area contributed by atoms with Gasteiger partial charge in [0.1, 0.15) is 17.5 Å². The molecule has 0 aromatic heterocycles. The van der Waals surface area contributed by atoms with E-state index in [1.807, 2.05) is 18.2 Å². The molecule has 25 heavy (non-hydrogen) atoms. The lowest BCUT2D eigenvalue weighted by Gasteiger charge is -2.42. The summed E-state index contributed by atoms with van der Waals surface area (Å²) in [5, 5.41) is 3.42. The fourth-order valence-corrected chi connectivity index (χ4v) is 3.73. The van der Waals surface area contributed by atoms with Gasteiger partial charge in [-0.05, 0) is 43.0 Å². The van der Waals surface area contributed by atoms with Crippen LogP contribution in [0.4, 0.5) is 14.5 Å². The van der Waals surface area contributed by atoms with Crippen molar-refractivity contribution in [3.05, 3.63) is 65.2 Å². The van der Waals surface area contributed by atoms with Crippen LogP contribution < -0.4 is 5.32 Å². The van der Waals surface area contributed by atoms with E-state index in [0.29, 0.717) is 13.2 Å². The van der Waals surface area contributed by atoms with Crippen LogP contribution in [0.2, 0.25) is 0 Å². The monoisotopic (exact) mass is 342 g/mol. The van der Waals surface area contributed by atoms with Gasteiger partial charge in [0.05, 0.1) is 6.54 Å². The van der Waals surface area contributed by atoms with Crippen molar-refractivity contribution in [2.75, 3.05) is 18.5 Å². The molecule has 3 nitrogen and oxygen atoms in total. The molecule has 1 N–H and O–H groups in total. The predicted molar refractivity (Wildman–Crippen MR) is 93.8 cm³/mol. The highest BCUT2D eigenvalue weighted by Gasteiger charge is 2.41. The molecule has 1 spiro atoms. The molecule has 0 bridgehead atoms. The third kappa shape index (κ3) is 3.04. The van der Waals surface area contributed by atoms with Crippen molar-refractivity contribution in [3.63, 3.8) is 0 Å². The number of ether oxygens (including phenoxy) is 1. The molecule has 0 radical (unpaired) electrons.